The van der Waals surface area contributed by atoms with Gasteiger partial charge in [0.05, 0.1) is 12.2 Å². The van der Waals surface area contributed by atoms with E-state index >= 15 is 0 Å². The van der Waals surface area contributed by atoms with Gasteiger partial charge < -0.3 is 4.74 Å². The Morgan fingerprint density at radius 2 is 2.05 bits per heavy atom. The Bertz CT molecular complexity index is 530. The fraction of sp³-hybridized carbons (Fsp3) is 0.438. The van der Waals surface area contributed by atoms with Crippen LogP contribution in [-0.2, 0) is 9.53 Å². The third-order valence-electron chi connectivity index (χ3n) is 4.00. The summed E-state index contributed by atoms with van der Waals surface area (Å²) in [5.74, 6) is 0.249. The first-order valence-corrected chi connectivity index (χ1v) is 7.94. The highest BCUT2D eigenvalue weighted by molar-refractivity contribution is 14.1. The van der Waals surface area contributed by atoms with Gasteiger partial charge in [-0.1, -0.05) is 19.1 Å². The van der Waals surface area contributed by atoms with Crippen LogP contribution in [0, 0.1) is 3.57 Å². The van der Waals surface area contributed by atoms with Crippen LogP contribution in [0.3, 0.4) is 0 Å². The molecule has 0 aliphatic carbocycles. The average molecular weight is 368 g/mol. The van der Waals surface area contributed by atoms with E-state index in [0.29, 0.717) is 12.5 Å². The Balaban J connectivity index is 2.07. The minimum atomic E-state index is 0.0421. The number of carbonyl (C=O) groups excluding carboxylic acids is 1. The molecular formula is C16H17IO2. The van der Waals surface area contributed by atoms with Gasteiger partial charge >= 0.3 is 0 Å². The summed E-state index contributed by atoms with van der Waals surface area (Å²) < 4.78 is 7.15. The van der Waals surface area contributed by atoms with E-state index in [1.807, 2.05) is 6.92 Å². The predicted molar refractivity (Wildman–Crippen MR) is 83.9 cm³/mol. The SMILES string of the molecule is CCC(=O)C1=C(c2ccc(I)cc2)CC2CC[C@H]1O2. The molecule has 100 valence electrons. The van der Waals surface area contributed by atoms with Crippen molar-refractivity contribution in [1.29, 1.82) is 0 Å². The molecule has 1 fully saturated rings. The monoisotopic (exact) mass is 368 g/mol. The van der Waals surface area contributed by atoms with Crippen molar-refractivity contribution in [2.24, 2.45) is 0 Å². The first-order valence-electron chi connectivity index (χ1n) is 6.86. The third kappa shape index (κ3) is 2.50. The first-order chi connectivity index (χ1) is 9.19. The second kappa shape index (κ2) is 5.37. The molecule has 3 heteroatoms. The summed E-state index contributed by atoms with van der Waals surface area (Å²) in [4.78, 5) is 12.3. The standard InChI is InChI=1S/C16H17IO2/c1-2-14(18)16-13(9-12-7-8-15(16)19-12)10-3-5-11(17)6-4-10/h3-6,12,15H,2,7-9H2,1H3/t12?,15-/m1/s1. The molecule has 2 nitrogen and oxygen atoms in total. The van der Waals surface area contributed by atoms with E-state index in [1.54, 1.807) is 0 Å². The lowest BCUT2D eigenvalue weighted by molar-refractivity contribution is -0.116. The van der Waals surface area contributed by atoms with Gasteiger partial charge in [-0.3, -0.25) is 4.79 Å². The van der Waals surface area contributed by atoms with Crippen molar-refractivity contribution in [2.75, 3.05) is 0 Å². The molecule has 19 heavy (non-hydrogen) atoms. The van der Waals surface area contributed by atoms with Crippen molar-refractivity contribution in [3.05, 3.63) is 39.0 Å². The summed E-state index contributed by atoms with van der Waals surface area (Å²) in [6.45, 7) is 1.93. The molecule has 0 aromatic heterocycles. The number of ketones is 1. The molecule has 1 aromatic carbocycles. The van der Waals surface area contributed by atoms with Crippen LogP contribution in [0.1, 0.15) is 38.2 Å². The molecule has 1 saturated heterocycles. The normalized spacial score (nSPS) is 25.8. The highest BCUT2D eigenvalue weighted by atomic mass is 127. The number of ether oxygens (including phenoxy) is 1. The van der Waals surface area contributed by atoms with Gasteiger partial charge in [-0.05, 0) is 65.1 Å². The number of carbonyl (C=O) groups is 1. The van der Waals surface area contributed by atoms with E-state index in [0.717, 1.165) is 24.8 Å². The minimum Gasteiger partial charge on any atom is -0.370 e. The predicted octanol–water partition coefficient (Wildman–Crippen LogP) is 3.98. The molecule has 2 aliphatic heterocycles. The smallest absolute Gasteiger partial charge is 0.161 e. The lowest BCUT2D eigenvalue weighted by Crippen LogP contribution is -2.25. The molecule has 3 rings (SSSR count). The number of hydrogen-bond donors (Lipinski definition) is 0. The lowest BCUT2D eigenvalue weighted by Gasteiger charge is -2.26. The van der Waals surface area contributed by atoms with Crippen molar-refractivity contribution in [2.45, 2.75) is 44.8 Å². The second-order valence-corrected chi connectivity index (χ2v) is 6.45. The van der Waals surface area contributed by atoms with Crippen LogP contribution < -0.4 is 0 Å². The summed E-state index contributed by atoms with van der Waals surface area (Å²) in [5, 5.41) is 0. The van der Waals surface area contributed by atoms with Crippen molar-refractivity contribution in [3.63, 3.8) is 0 Å². The van der Waals surface area contributed by atoms with Gasteiger partial charge in [-0.25, -0.2) is 0 Å². The summed E-state index contributed by atoms with van der Waals surface area (Å²) in [7, 11) is 0. The van der Waals surface area contributed by atoms with E-state index < -0.39 is 0 Å². The topological polar surface area (TPSA) is 26.3 Å². The van der Waals surface area contributed by atoms with Crippen molar-refractivity contribution in [3.8, 4) is 0 Å². The molecule has 1 unspecified atom stereocenters. The Labute approximate surface area is 127 Å². The van der Waals surface area contributed by atoms with E-state index in [1.165, 1.54) is 14.7 Å². The van der Waals surface area contributed by atoms with Crippen LogP contribution in [0.5, 0.6) is 0 Å². The average Bonchev–Trinajstić information content (AvgIpc) is 2.80. The number of fused-ring (bicyclic) bond motifs is 2. The quantitative estimate of drug-likeness (QED) is 0.755. The third-order valence-corrected chi connectivity index (χ3v) is 4.72. The molecule has 0 radical (unpaired) electrons. The molecule has 2 aliphatic rings. The Kier molecular flexibility index (Phi) is 3.76. The van der Waals surface area contributed by atoms with Crippen LogP contribution in [0.2, 0.25) is 0 Å². The Morgan fingerprint density at radius 3 is 2.74 bits per heavy atom. The van der Waals surface area contributed by atoms with E-state index in [4.69, 9.17) is 4.74 Å². The van der Waals surface area contributed by atoms with Gasteiger partial charge in [0.1, 0.15) is 0 Å². The number of hydrogen-bond acceptors (Lipinski definition) is 2. The largest absolute Gasteiger partial charge is 0.370 e. The number of halogens is 1. The number of rotatable bonds is 3. The van der Waals surface area contributed by atoms with Gasteiger partial charge in [0, 0.05) is 15.6 Å². The molecule has 0 amide bonds. The van der Waals surface area contributed by atoms with Crippen LogP contribution in [0.4, 0.5) is 0 Å². The highest BCUT2D eigenvalue weighted by Crippen LogP contribution is 2.41. The molecule has 2 heterocycles. The van der Waals surface area contributed by atoms with Crippen LogP contribution in [-0.4, -0.2) is 18.0 Å². The van der Waals surface area contributed by atoms with Crippen molar-refractivity contribution in [1.82, 2.24) is 0 Å². The zero-order chi connectivity index (χ0) is 13.4. The maximum absolute atomic E-state index is 12.3. The summed E-state index contributed by atoms with van der Waals surface area (Å²) in [6, 6.07) is 8.47. The zero-order valence-corrected chi connectivity index (χ0v) is 13.1. The van der Waals surface area contributed by atoms with E-state index in [2.05, 4.69) is 46.9 Å². The summed E-state index contributed by atoms with van der Waals surface area (Å²) >= 11 is 2.31. The van der Waals surface area contributed by atoms with Gasteiger partial charge in [-0.15, -0.1) is 0 Å². The van der Waals surface area contributed by atoms with Crippen LogP contribution in [0.25, 0.3) is 5.57 Å². The molecule has 2 atom stereocenters. The highest BCUT2D eigenvalue weighted by Gasteiger charge is 2.38. The maximum atomic E-state index is 12.3. The van der Waals surface area contributed by atoms with Gasteiger partial charge in [-0.2, -0.15) is 0 Å². The molecule has 0 N–H and O–H groups in total. The Morgan fingerprint density at radius 1 is 1.32 bits per heavy atom. The first kappa shape index (κ1) is 13.3. The second-order valence-electron chi connectivity index (χ2n) is 5.20. The molecular weight excluding hydrogens is 351 g/mol. The molecule has 0 spiro atoms. The van der Waals surface area contributed by atoms with Crippen molar-refractivity contribution >= 4 is 33.9 Å². The number of Topliss-reactive ketones (excluding diaryl/α,β-unsaturated/α-hetero) is 1. The van der Waals surface area contributed by atoms with E-state index in [9.17, 15) is 4.79 Å². The van der Waals surface area contributed by atoms with Gasteiger partial charge in [0.2, 0.25) is 0 Å². The minimum absolute atomic E-state index is 0.0421. The van der Waals surface area contributed by atoms with Crippen LogP contribution >= 0.6 is 22.6 Å². The summed E-state index contributed by atoms with van der Waals surface area (Å²) in [6.07, 6.45) is 3.89. The Hall–Kier alpha value is -0.680. The molecule has 1 aromatic rings. The molecule has 0 saturated carbocycles. The molecule has 2 bridgehead atoms. The van der Waals surface area contributed by atoms with Crippen LogP contribution in [0.15, 0.2) is 29.8 Å². The fourth-order valence-electron chi connectivity index (χ4n) is 3.06. The van der Waals surface area contributed by atoms with Crippen molar-refractivity contribution < 1.29 is 9.53 Å². The zero-order valence-electron chi connectivity index (χ0n) is 11.0. The van der Waals surface area contributed by atoms with E-state index in [-0.39, 0.29) is 11.9 Å². The maximum Gasteiger partial charge on any atom is 0.161 e. The number of benzene rings is 1. The fourth-order valence-corrected chi connectivity index (χ4v) is 3.42. The lowest BCUT2D eigenvalue weighted by atomic mass is 9.89. The van der Waals surface area contributed by atoms with Gasteiger partial charge in [0.15, 0.2) is 5.78 Å². The van der Waals surface area contributed by atoms with Gasteiger partial charge in [0.25, 0.3) is 0 Å². The summed E-state index contributed by atoms with van der Waals surface area (Å²) in [5.41, 5.74) is 3.36.